The van der Waals surface area contributed by atoms with Crippen LogP contribution < -0.4 is 16.8 Å². The highest BCUT2D eigenvalue weighted by molar-refractivity contribution is 5.99. The number of rotatable bonds is 5. The van der Waals surface area contributed by atoms with Gasteiger partial charge in [-0.2, -0.15) is 0 Å². The maximum atomic E-state index is 11.5. The summed E-state index contributed by atoms with van der Waals surface area (Å²) in [6, 6.07) is 5.74. The van der Waals surface area contributed by atoms with E-state index in [4.69, 9.17) is 11.5 Å². The highest BCUT2D eigenvalue weighted by Crippen LogP contribution is 2.30. The highest BCUT2D eigenvalue weighted by Gasteiger charge is 2.21. The van der Waals surface area contributed by atoms with E-state index >= 15 is 0 Å². The smallest absolute Gasteiger partial charge is 0.250 e. The number of nitrogen functional groups attached to an aromatic ring is 1. The molecule has 2 rings (SSSR count). The molecule has 20 heavy (non-hydrogen) atoms. The molecule has 0 aromatic heterocycles. The molecule has 1 aromatic carbocycles. The Bertz CT molecular complexity index is 465. The number of nitrogens with two attached hydrogens (primary N) is 2. The Morgan fingerprint density at radius 1 is 1.30 bits per heavy atom. The maximum Gasteiger partial charge on any atom is 0.250 e. The van der Waals surface area contributed by atoms with E-state index in [1.54, 1.807) is 12.1 Å². The number of nitrogens with one attached hydrogen (secondary N) is 1. The maximum absolute atomic E-state index is 11.5. The van der Waals surface area contributed by atoms with Gasteiger partial charge in [0, 0.05) is 17.4 Å². The lowest BCUT2D eigenvalue weighted by Gasteiger charge is -2.30. The molecule has 5 N–H and O–H groups in total. The summed E-state index contributed by atoms with van der Waals surface area (Å²) in [7, 11) is 0. The molecular formula is C16H25N3O. The van der Waals surface area contributed by atoms with Gasteiger partial charge in [0.25, 0.3) is 5.91 Å². The molecule has 4 heteroatoms. The predicted molar refractivity (Wildman–Crippen MR) is 83.6 cm³/mol. The zero-order chi connectivity index (χ0) is 14.5. The first kappa shape index (κ1) is 14.7. The van der Waals surface area contributed by atoms with Crippen molar-refractivity contribution in [1.82, 2.24) is 0 Å². The first-order valence-corrected chi connectivity index (χ1v) is 7.56. The number of primary amides is 1. The molecule has 1 aliphatic carbocycles. The van der Waals surface area contributed by atoms with Crippen LogP contribution in [-0.2, 0) is 0 Å². The molecule has 1 amide bonds. The van der Waals surface area contributed by atoms with E-state index in [0.717, 1.165) is 24.4 Å². The second-order valence-electron chi connectivity index (χ2n) is 5.82. The van der Waals surface area contributed by atoms with Crippen molar-refractivity contribution < 1.29 is 4.79 Å². The first-order chi connectivity index (χ1) is 9.60. The third-order valence-electron chi connectivity index (χ3n) is 4.21. The van der Waals surface area contributed by atoms with Crippen molar-refractivity contribution in [3.05, 3.63) is 23.8 Å². The van der Waals surface area contributed by atoms with Crippen LogP contribution in [0.2, 0.25) is 0 Å². The molecule has 1 aliphatic rings. The summed E-state index contributed by atoms with van der Waals surface area (Å²) in [6.07, 6.45) is 7.47. The lowest BCUT2D eigenvalue weighted by atomic mass is 9.83. The zero-order valence-corrected chi connectivity index (χ0v) is 12.2. The van der Waals surface area contributed by atoms with E-state index in [9.17, 15) is 4.79 Å². The van der Waals surface area contributed by atoms with Crippen molar-refractivity contribution in [1.29, 1.82) is 0 Å². The summed E-state index contributed by atoms with van der Waals surface area (Å²) in [5.41, 5.74) is 13.0. The fraction of sp³-hybridized carbons (Fsp3) is 0.562. The second kappa shape index (κ2) is 6.64. The summed E-state index contributed by atoms with van der Waals surface area (Å²) in [5.74, 6) is 0.444. The van der Waals surface area contributed by atoms with Gasteiger partial charge in [-0.15, -0.1) is 0 Å². The van der Waals surface area contributed by atoms with Gasteiger partial charge in [-0.3, -0.25) is 4.79 Å². The molecule has 1 saturated carbocycles. The highest BCUT2D eigenvalue weighted by atomic mass is 16.1. The quantitative estimate of drug-likeness (QED) is 0.722. The predicted octanol–water partition coefficient (Wildman–Crippen LogP) is 3.14. The van der Waals surface area contributed by atoms with Crippen molar-refractivity contribution in [2.45, 2.75) is 51.5 Å². The number of carbonyl (C=O) groups excluding carboxylic acids is 1. The molecule has 0 spiro atoms. The molecule has 0 unspecified atom stereocenters. The molecule has 1 fully saturated rings. The average molecular weight is 275 g/mol. The van der Waals surface area contributed by atoms with Crippen LogP contribution in [0.3, 0.4) is 0 Å². The summed E-state index contributed by atoms with van der Waals surface area (Å²) in [6.45, 7) is 2.25. The number of carbonyl (C=O) groups is 1. The van der Waals surface area contributed by atoms with Gasteiger partial charge in [0.05, 0.1) is 5.56 Å². The summed E-state index contributed by atoms with van der Waals surface area (Å²) >= 11 is 0. The summed E-state index contributed by atoms with van der Waals surface area (Å²) in [5, 5.41) is 3.46. The number of anilines is 2. The molecule has 4 nitrogen and oxygen atoms in total. The lowest BCUT2D eigenvalue weighted by Crippen LogP contribution is -2.27. The fourth-order valence-corrected chi connectivity index (χ4v) is 3.12. The second-order valence-corrected chi connectivity index (χ2v) is 5.82. The van der Waals surface area contributed by atoms with Crippen molar-refractivity contribution in [2.75, 3.05) is 11.1 Å². The van der Waals surface area contributed by atoms with Crippen LogP contribution in [0.15, 0.2) is 18.2 Å². The Morgan fingerprint density at radius 3 is 2.60 bits per heavy atom. The van der Waals surface area contributed by atoms with Crippen molar-refractivity contribution in [3.8, 4) is 0 Å². The third-order valence-corrected chi connectivity index (χ3v) is 4.21. The van der Waals surface area contributed by atoms with Crippen molar-refractivity contribution in [3.63, 3.8) is 0 Å². The van der Waals surface area contributed by atoms with Crippen LogP contribution in [-0.4, -0.2) is 11.9 Å². The summed E-state index contributed by atoms with van der Waals surface area (Å²) in [4.78, 5) is 11.5. The minimum absolute atomic E-state index is 0.431. The van der Waals surface area contributed by atoms with E-state index in [-0.39, 0.29) is 0 Å². The van der Waals surface area contributed by atoms with Gasteiger partial charge in [-0.05, 0) is 49.8 Å². The Morgan fingerprint density at radius 2 is 2.00 bits per heavy atom. The molecule has 0 saturated heterocycles. The Labute approximate surface area is 120 Å². The van der Waals surface area contributed by atoms with Gasteiger partial charge in [0.1, 0.15) is 0 Å². The van der Waals surface area contributed by atoms with Crippen LogP contribution in [0.25, 0.3) is 0 Å². The first-order valence-electron chi connectivity index (χ1n) is 7.56. The fourth-order valence-electron chi connectivity index (χ4n) is 3.12. The van der Waals surface area contributed by atoms with Crippen LogP contribution in [0.4, 0.5) is 11.4 Å². The minimum atomic E-state index is -0.431. The monoisotopic (exact) mass is 275 g/mol. The SMILES string of the molecule is CCCC1CCC(Nc2ccc(N)cc2C(N)=O)CC1. The van der Waals surface area contributed by atoms with Crippen molar-refractivity contribution in [2.24, 2.45) is 11.7 Å². The minimum Gasteiger partial charge on any atom is -0.399 e. The Kier molecular flexibility index (Phi) is 4.88. The molecule has 0 radical (unpaired) electrons. The standard InChI is InChI=1S/C16H25N3O/c1-2-3-11-4-7-13(8-5-11)19-15-9-6-12(17)10-14(15)16(18)20/h6,9-11,13,19H,2-5,7-8,17H2,1H3,(H2,18,20). The van der Waals surface area contributed by atoms with Crippen LogP contribution in [0.5, 0.6) is 0 Å². The van der Waals surface area contributed by atoms with Gasteiger partial charge in [-0.1, -0.05) is 19.8 Å². The Balaban J connectivity index is 1.99. The van der Waals surface area contributed by atoms with E-state index in [1.165, 1.54) is 25.7 Å². The van der Waals surface area contributed by atoms with Gasteiger partial charge >= 0.3 is 0 Å². The third kappa shape index (κ3) is 3.65. The zero-order valence-electron chi connectivity index (χ0n) is 12.2. The van der Waals surface area contributed by atoms with E-state index in [1.807, 2.05) is 6.07 Å². The van der Waals surface area contributed by atoms with Crippen molar-refractivity contribution >= 4 is 17.3 Å². The molecule has 1 aromatic rings. The number of hydrogen-bond donors (Lipinski definition) is 3. The molecule has 0 heterocycles. The van der Waals surface area contributed by atoms with E-state index < -0.39 is 5.91 Å². The van der Waals surface area contributed by atoms with Gasteiger partial charge in [0.15, 0.2) is 0 Å². The van der Waals surface area contributed by atoms with Crippen LogP contribution in [0, 0.1) is 5.92 Å². The van der Waals surface area contributed by atoms with E-state index in [0.29, 0.717) is 17.3 Å². The normalized spacial score (nSPS) is 22.4. The van der Waals surface area contributed by atoms with Gasteiger partial charge in [0.2, 0.25) is 0 Å². The molecular weight excluding hydrogens is 250 g/mol. The van der Waals surface area contributed by atoms with Crippen LogP contribution in [0.1, 0.15) is 55.8 Å². The van der Waals surface area contributed by atoms with Gasteiger partial charge in [-0.25, -0.2) is 0 Å². The van der Waals surface area contributed by atoms with Crippen LogP contribution >= 0.6 is 0 Å². The lowest BCUT2D eigenvalue weighted by molar-refractivity contribution is 0.100. The average Bonchev–Trinajstić information content (AvgIpc) is 2.43. The Hall–Kier alpha value is -1.71. The molecule has 0 aliphatic heterocycles. The molecule has 110 valence electrons. The number of hydrogen-bond acceptors (Lipinski definition) is 3. The number of amides is 1. The number of benzene rings is 1. The topological polar surface area (TPSA) is 81.1 Å². The van der Waals surface area contributed by atoms with Gasteiger partial charge < -0.3 is 16.8 Å². The summed E-state index contributed by atoms with van der Waals surface area (Å²) < 4.78 is 0. The molecule has 0 bridgehead atoms. The largest absolute Gasteiger partial charge is 0.399 e. The molecule has 0 atom stereocenters. The van der Waals surface area contributed by atoms with E-state index in [2.05, 4.69) is 12.2 Å².